The first-order valence-corrected chi connectivity index (χ1v) is 10.3. The van der Waals surface area contributed by atoms with E-state index in [9.17, 15) is 13.9 Å². The highest BCUT2D eigenvalue weighted by molar-refractivity contribution is 6.36. The first kappa shape index (κ1) is 18.6. The van der Waals surface area contributed by atoms with Crippen LogP contribution >= 0.6 is 11.6 Å². The molecule has 29 heavy (non-hydrogen) atoms. The molecule has 8 heteroatoms. The highest BCUT2D eigenvalue weighted by Gasteiger charge is 2.29. The van der Waals surface area contributed by atoms with Crippen LogP contribution in [0.3, 0.4) is 0 Å². The van der Waals surface area contributed by atoms with Crippen molar-refractivity contribution >= 4 is 22.9 Å². The van der Waals surface area contributed by atoms with Crippen molar-refractivity contribution in [1.29, 1.82) is 0 Å². The predicted molar refractivity (Wildman–Crippen MR) is 107 cm³/mol. The first-order valence-electron chi connectivity index (χ1n) is 9.97. The van der Waals surface area contributed by atoms with Crippen LogP contribution in [0.15, 0.2) is 24.4 Å². The number of benzene rings is 1. The standard InChI is InChI=1S/C21H21ClF2N4O/c22-19-15(7-10-28-17(11-12-1-2-12)25-26-21(19)28)27-8-5-13(6-9-27)18-16(29)4-3-14(23)20(18)24/h3-4,7,10,12-13,29H,1-2,5-6,8-9,11H2. The fraction of sp³-hybridized carbons (Fsp3) is 0.429. The summed E-state index contributed by atoms with van der Waals surface area (Å²) in [5.74, 6) is -0.653. The number of hydrogen-bond acceptors (Lipinski definition) is 4. The lowest BCUT2D eigenvalue weighted by Gasteiger charge is -2.34. The lowest BCUT2D eigenvalue weighted by atomic mass is 9.88. The van der Waals surface area contributed by atoms with Crippen molar-refractivity contribution in [3.05, 3.63) is 52.4 Å². The van der Waals surface area contributed by atoms with Gasteiger partial charge in [-0.1, -0.05) is 11.6 Å². The lowest BCUT2D eigenvalue weighted by molar-refractivity contribution is 0.408. The van der Waals surface area contributed by atoms with E-state index in [2.05, 4.69) is 15.1 Å². The second-order valence-corrected chi connectivity index (χ2v) is 8.41. The Labute approximate surface area is 171 Å². The topological polar surface area (TPSA) is 53.7 Å². The molecule has 3 aromatic rings. The summed E-state index contributed by atoms with van der Waals surface area (Å²) in [6.07, 6.45) is 6.56. The van der Waals surface area contributed by atoms with Crippen LogP contribution in [0.25, 0.3) is 5.65 Å². The van der Waals surface area contributed by atoms with E-state index in [1.807, 2.05) is 16.7 Å². The number of hydrogen-bond donors (Lipinski definition) is 1. The van der Waals surface area contributed by atoms with Gasteiger partial charge in [-0.3, -0.25) is 4.40 Å². The fourth-order valence-electron chi connectivity index (χ4n) is 4.28. The van der Waals surface area contributed by atoms with Crippen molar-refractivity contribution in [2.75, 3.05) is 18.0 Å². The lowest BCUT2D eigenvalue weighted by Crippen LogP contribution is -2.33. The Bertz CT molecular complexity index is 1070. The average Bonchev–Trinajstić information content (AvgIpc) is 3.44. The van der Waals surface area contributed by atoms with Crippen molar-refractivity contribution in [2.24, 2.45) is 5.92 Å². The second-order valence-electron chi connectivity index (χ2n) is 8.03. The number of anilines is 1. The molecule has 1 saturated carbocycles. The summed E-state index contributed by atoms with van der Waals surface area (Å²) in [6.45, 7) is 1.25. The quantitative estimate of drug-likeness (QED) is 0.667. The summed E-state index contributed by atoms with van der Waals surface area (Å²) in [4.78, 5) is 2.13. The minimum atomic E-state index is -0.949. The molecule has 0 atom stereocenters. The molecular formula is C21H21ClF2N4O. The van der Waals surface area contributed by atoms with Gasteiger partial charge in [0.1, 0.15) is 16.6 Å². The number of nitrogens with zero attached hydrogens (tertiary/aromatic N) is 4. The first-order chi connectivity index (χ1) is 14.0. The monoisotopic (exact) mass is 418 g/mol. The summed E-state index contributed by atoms with van der Waals surface area (Å²) in [5, 5.41) is 19.2. The van der Waals surface area contributed by atoms with Gasteiger partial charge in [0.15, 0.2) is 17.3 Å². The molecule has 0 radical (unpaired) electrons. The van der Waals surface area contributed by atoms with E-state index in [-0.39, 0.29) is 17.2 Å². The van der Waals surface area contributed by atoms with Crippen LogP contribution in [0.4, 0.5) is 14.5 Å². The van der Waals surface area contributed by atoms with Gasteiger partial charge in [-0.05, 0) is 55.7 Å². The van der Waals surface area contributed by atoms with E-state index in [0.29, 0.717) is 42.5 Å². The molecule has 0 amide bonds. The number of piperidine rings is 1. The number of pyridine rings is 1. The third-order valence-corrected chi connectivity index (χ3v) is 6.45. The Hall–Kier alpha value is -2.41. The summed E-state index contributed by atoms with van der Waals surface area (Å²) in [6, 6.07) is 4.14. The van der Waals surface area contributed by atoms with Crippen molar-refractivity contribution in [3.63, 3.8) is 0 Å². The Morgan fingerprint density at radius 1 is 1.07 bits per heavy atom. The molecule has 2 aromatic heterocycles. The van der Waals surface area contributed by atoms with E-state index in [0.717, 1.165) is 24.0 Å². The smallest absolute Gasteiger partial charge is 0.181 e. The molecule has 2 fully saturated rings. The summed E-state index contributed by atoms with van der Waals surface area (Å²) < 4.78 is 29.8. The second kappa shape index (κ2) is 7.13. The molecule has 5 nitrogen and oxygen atoms in total. The zero-order chi connectivity index (χ0) is 20.1. The van der Waals surface area contributed by atoms with Gasteiger partial charge in [-0.25, -0.2) is 8.78 Å². The van der Waals surface area contributed by atoms with Crippen molar-refractivity contribution in [2.45, 2.75) is 38.0 Å². The number of halogens is 3. The largest absolute Gasteiger partial charge is 0.508 e. The van der Waals surface area contributed by atoms with Gasteiger partial charge >= 0.3 is 0 Å². The zero-order valence-electron chi connectivity index (χ0n) is 15.8. The Kier molecular flexibility index (Phi) is 4.57. The molecule has 3 heterocycles. The van der Waals surface area contributed by atoms with Crippen molar-refractivity contribution in [1.82, 2.24) is 14.6 Å². The number of phenols is 1. The van der Waals surface area contributed by atoms with Crippen molar-refractivity contribution < 1.29 is 13.9 Å². The Morgan fingerprint density at radius 3 is 2.55 bits per heavy atom. The average molecular weight is 419 g/mol. The summed E-state index contributed by atoms with van der Waals surface area (Å²) in [5.41, 5.74) is 1.59. The zero-order valence-corrected chi connectivity index (χ0v) is 16.5. The fourth-order valence-corrected chi connectivity index (χ4v) is 4.59. The molecule has 0 spiro atoms. The molecule has 0 unspecified atom stereocenters. The van der Waals surface area contributed by atoms with Crippen LogP contribution in [0.1, 0.15) is 43.0 Å². The van der Waals surface area contributed by atoms with Crippen LogP contribution in [-0.4, -0.2) is 32.8 Å². The molecular weight excluding hydrogens is 398 g/mol. The maximum absolute atomic E-state index is 14.2. The van der Waals surface area contributed by atoms with Crippen LogP contribution in [-0.2, 0) is 6.42 Å². The minimum absolute atomic E-state index is 0.0772. The molecule has 1 aromatic carbocycles. The van der Waals surface area contributed by atoms with Crippen LogP contribution in [0.5, 0.6) is 5.75 Å². The van der Waals surface area contributed by atoms with Crippen LogP contribution in [0.2, 0.25) is 5.02 Å². The van der Waals surface area contributed by atoms with Gasteiger partial charge in [-0.15, -0.1) is 10.2 Å². The molecule has 5 rings (SSSR count). The SMILES string of the molecule is Oc1ccc(F)c(F)c1C1CCN(c2ccn3c(CC4CC4)nnc3c2Cl)CC1. The van der Waals surface area contributed by atoms with Gasteiger partial charge in [0.05, 0.1) is 5.69 Å². The van der Waals surface area contributed by atoms with E-state index in [4.69, 9.17) is 11.6 Å². The third kappa shape index (κ3) is 3.31. The Morgan fingerprint density at radius 2 is 1.83 bits per heavy atom. The molecule has 0 bridgehead atoms. The highest BCUT2D eigenvalue weighted by atomic mass is 35.5. The van der Waals surface area contributed by atoms with Crippen molar-refractivity contribution in [3.8, 4) is 5.75 Å². The molecule has 1 aliphatic carbocycles. The minimum Gasteiger partial charge on any atom is -0.508 e. The van der Waals surface area contributed by atoms with Gasteiger partial charge < -0.3 is 10.0 Å². The number of rotatable bonds is 4. The number of fused-ring (bicyclic) bond motifs is 1. The van der Waals surface area contributed by atoms with E-state index in [1.54, 1.807) is 0 Å². The van der Waals surface area contributed by atoms with Gasteiger partial charge in [-0.2, -0.15) is 0 Å². The number of aromatic nitrogens is 3. The van der Waals surface area contributed by atoms with E-state index >= 15 is 0 Å². The normalized spacial score (nSPS) is 18.0. The molecule has 1 saturated heterocycles. The summed E-state index contributed by atoms with van der Waals surface area (Å²) >= 11 is 6.65. The van der Waals surface area contributed by atoms with Crippen LogP contribution in [0, 0.1) is 17.6 Å². The third-order valence-electron chi connectivity index (χ3n) is 6.09. The van der Waals surface area contributed by atoms with Gasteiger partial charge in [0.25, 0.3) is 0 Å². The molecule has 1 N–H and O–H groups in total. The molecule has 1 aliphatic heterocycles. The molecule has 2 aliphatic rings. The highest BCUT2D eigenvalue weighted by Crippen LogP contribution is 2.39. The van der Waals surface area contributed by atoms with Gasteiger partial charge in [0.2, 0.25) is 0 Å². The maximum atomic E-state index is 14.2. The van der Waals surface area contributed by atoms with E-state index < -0.39 is 11.6 Å². The number of phenolic OH excluding ortho intramolecular Hbond substituents is 1. The van der Waals surface area contributed by atoms with Crippen LogP contribution < -0.4 is 4.90 Å². The summed E-state index contributed by atoms with van der Waals surface area (Å²) in [7, 11) is 0. The predicted octanol–water partition coefficient (Wildman–Crippen LogP) is 4.70. The molecule has 152 valence electrons. The maximum Gasteiger partial charge on any atom is 0.181 e. The number of aromatic hydroxyl groups is 1. The van der Waals surface area contributed by atoms with E-state index in [1.165, 1.54) is 18.9 Å². The van der Waals surface area contributed by atoms with Gasteiger partial charge in [0, 0.05) is 31.3 Å². The Balaban J connectivity index is 1.36.